The van der Waals surface area contributed by atoms with E-state index in [-0.39, 0.29) is 18.9 Å². The lowest BCUT2D eigenvalue weighted by atomic mass is 9.92. The molecule has 0 atom stereocenters. The Bertz CT molecular complexity index is 198. The smallest absolute Gasteiger partial charge is 0.248 e. The van der Waals surface area contributed by atoms with Crippen molar-refractivity contribution in [2.75, 3.05) is 6.54 Å². The molecular formula is C11H17F2N. The quantitative estimate of drug-likeness (QED) is 0.544. The largest absolute Gasteiger partial charge is 0.314 e. The fraction of sp³-hybridized carbons (Fsp3) is 0.818. The van der Waals surface area contributed by atoms with Crippen LogP contribution in [0, 0.1) is 12.3 Å². The Balaban J connectivity index is 2.08. The Kier molecular flexibility index (Phi) is 4.34. The molecule has 3 heteroatoms. The van der Waals surface area contributed by atoms with Gasteiger partial charge in [0.2, 0.25) is 5.92 Å². The van der Waals surface area contributed by atoms with Crippen LogP contribution in [0.25, 0.3) is 0 Å². The number of hydrogen-bond donors (Lipinski definition) is 1. The van der Waals surface area contributed by atoms with Crippen LogP contribution in [0.3, 0.4) is 0 Å². The van der Waals surface area contributed by atoms with Crippen LogP contribution >= 0.6 is 0 Å². The Morgan fingerprint density at radius 3 is 2.57 bits per heavy atom. The van der Waals surface area contributed by atoms with Gasteiger partial charge in [-0.2, -0.15) is 0 Å². The van der Waals surface area contributed by atoms with Gasteiger partial charge in [-0.3, -0.25) is 0 Å². The van der Waals surface area contributed by atoms with Gasteiger partial charge in [-0.15, -0.1) is 12.3 Å². The predicted octanol–water partition coefficient (Wildman–Crippen LogP) is 2.57. The fourth-order valence-electron chi connectivity index (χ4n) is 1.74. The maximum atomic E-state index is 12.8. The molecule has 1 aliphatic rings. The Labute approximate surface area is 84.3 Å². The molecule has 0 aromatic carbocycles. The summed E-state index contributed by atoms with van der Waals surface area (Å²) < 4.78 is 25.5. The van der Waals surface area contributed by atoms with E-state index >= 15 is 0 Å². The maximum absolute atomic E-state index is 12.8. The van der Waals surface area contributed by atoms with Crippen LogP contribution in [-0.4, -0.2) is 18.5 Å². The lowest BCUT2D eigenvalue weighted by molar-refractivity contribution is -0.0403. The molecule has 1 saturated carbocycles. The van der Waals surface area contributed by atoms with Crippen molar-refractivity contribution in [1.29, 1.82) is 0 Å². The third kappa shape index (κ3) is 4.06. The van der Waals surface area contributed by atoms with Gasteiger partial charge in [-0.1, -0.05) is 0 Å². The van der Waals surface area contributed by atoms with E-state index in [2.05, 4.69) is 11.2 Å². The van der Waals surface area contributed by atoms with Gasteiger partial charge in [0.25, 0.3) is 0 Å². The second-order valence-electron chi connectivity index (χ2n) is 3.89. The van der Waals surface area contributed by atoms with E-state index in [9.17, 15) is 8.78 Å². The van der Waals surface area contributed by atoms with Crippen LogP contribution in [-0.2, 0) is 0 Å². The molecule has 0 unspecified atom stereocenters. The zero-order chi connectivity index (χ0) is 10.4. The minimum absolute atomic E-state index is 0.0276. The van der Waals surface area contributed by atoms with E-state index in [4.69, 9.17) is 6.42 Å². The molecule has 1 aliphatic carbocycles. The summed E-state index contributed by atoms with van der Waals surface area (Å²) >= 11 is 0. The zero-order valence-corrected chi connectivity index (χ0v) is 8.36. The summed E-state index contributed by atoms with van der Waals surface area (Å²) in [4.78, 5) is 0. The molecule has 0 spiro atoms. The van der Waals surface area contributed by atoms with Crippen LogP contribution in [0.4, 0.5) is 8.78 Å². The van der Waals surface area contributed by atoms with Crippen LogP contribution in [0.15, 0.2) is 0 Å². The molecule has 14 heavy (non-hydrogen) atoms. The van der Waals surface area contributed by atoms with E-state index in [1.54, 1.807) is 0 Å². The molecule has 0 radical (unpaired) electrons. The molecule has 0 bridgehead atoms. The zero-order valence-electron chi connectivity index (χ0n) is 8.36. The number of alkyl halides is 2. The molecule has 1 fully saturated rings. The predicted molar refractivity (Wildman–Crippen MR) is 53.3 cm³/mol. The van der Waals surface area contributed by atoms with Gasteiger partial charge in [0.15, 0.2) is 0 Å². The van der Waals surface area contributed by atoms with Crippen LogP contribution in [0.1, 0.15) is 38.5 Å². The number of hydrogen-bond acceptors (Lipinski definition) is 1. The monoisotopic (exact) mass is 201 g/mol. The Hall–Kier alpha value is -0.620. The van der Waals surface area contributed by atoms with Gasteiger partial charge in [0.05, 0.1) is 0 Å². The minimum atomic E-state index is -2.42. The topological polar surface area (TPSA) is 12.0 Å². The van der Waals surface area contributed by atoms with Crippen molar-refractivity contribution >= 4 is 0 Å². The summed E-state index contributed by atoms with van der Waals surface area (Å²) in [7, 11) is 0. The number of terminal acetylenes is 1. The molecule has 0 aliphatic heterocycles. The first-order chi connectivity index (χ1) is 6.64. The minimum Gasteiger partial charge on any atom is -0.314 e. The van der Waals surface area contributed by atoms with Crippen LogP contribution in [0.5, 0.6) is 0 Å². The highest BCUT2D eigenvalue weighted by atomic mass is 19.3. The van der Waals surface area contributed by atoms with Gasteiger partial charge >= 0.3 is 0 Å². The average molecular weight is 201 g/mol. The van der Waals surface area contributed by atoms with E-state index in [1.807, 2.05) is 0 Å². The van der Waals surface area contributed by atoms with Crippen molar-refractivity contribution < 1.29 is 8.78 Å². The Morgan fingerprint density at radius 1 is 1.36 bits per heavy atom. The highest BCUT2D eigenvalue weighted by Crippen LogP contribution is 2.32. The van der Waals surface area contributed by atoms with Crippen molar-refractivity contribution in [2.45, 2.75) is 50.5 Å². The lowest BCUT2D eigenvalue weighted by Gasteiger charge is -2.28. The SMILES string of the molecule is C#CCCCNC1CCC(F)(F)CC1. The number of unbranched alkanes of at least 4 members (excludes halogenated alkanes) is 1. The summed E-state index contributed by atoms with van der Waals surface area (Å²) in [6.07, 6.45) is 8.03. The number of halogens is 2. The van der Waals surface area contributed by atoms with Crippen LogP contribution in [0.2, 0.25) is 0 Å². The Morgan fingerprint density at radius 2 is 2.00 bits per heavy atom. The fourth-order valence-corrected chi connectivity index (χ4v) is 1.74. The first kappa shape index (κ1) is 11.5. The van der Waals surface area contributed by atoms with E-state index in [1.165, 1.54) is 0 Å². The van der Waals surface area contributed by atoms with Gasteiger partial charge in [-0.05, 0) is 25.8 Å². The van der Waals surface area contributed by atoms with E-state index in [0.29, 0.717) is 12.8 Å². The van der Waals surface area contributed by atoms with Gasteiger partial charge in [0, 0.05) is 25.3 Å². The molecule has 0 saturated heterocycles. The highest BCUT2D eigenvalue weighted by molar-refractivity contribution is 4.84. The van der Waals surface area contributed by atoms with Crippen molar-refractivity contribution in [2.24, 2.45) is 0 Å². The molecule has 1 rings (SSSR count). The second-order valence-corrected chi connectivity index (χ2v) is 3.89. The van der Waals surface area contributed by atoms with Crippen LogP contribution < -0.4 is 5.32 Å². The summed E-state index contributed by atoms with van der Waals surface area (Å²) in [5, 5.41) is 3.27. The summed E-state index contributed by atoms with van der Waals surface area (Å²) in [5.41, 5.74) is 0. The summed E-state index contributed by atoms with van der Waals surface area (Å²) in [6, 6.07) is 0.271. The molecule has 0 amide bonds. The van der Waals surface area contributed by atoms with Crippen molar-refractivity contribution in [3.8, 4) is 12.3 Å². The third-order valence-electron chi connectivity index (χ3n) is 2.65. The summed E-state index contributed by atoms with van der Waals surface area (Å²) in [6.45, 7) is 0.848. The first-order valence-electron chi connectivity index (χ1n) is 5.19. The molecule has 0 heterocycles. The third-order valence-corrected chi connectivity index (χ3v) is 2.65. The van der Waals surface area contributed by atoms with E-state index < -0.39 is 5.92 Å². The first-order valence-corrected chi connectivity index (χ1v) is 5.19. The average Bonchev–Trinajstić information content (AvgIpc) is 2.15. The highest BCUT2D eigenvalue weighted by Gasteiger charge is 2.34. The van der Waals surface area contributed by atoms with Crippen molar-refractivity contribution in [3.05, 3.63) is 0 Å². The van der Waals surface area contributed by atoms with Crippen molar-refractivity contribution in [1.82, 2.24) is 5.32 Å². The van der Waals surface area contributed by atoms with Gasteiger partial charge in [-0.25, -0.2) is 8.78 Å². The number of rotatable bonds is 4. The second kappa shape index (κ2) is 5.31. The molecule has 1 N–H and O–H groups in total. The standard InChI is InChI=1S/C11H17F2N/c1-2-3-4-9-14-10-5-7-11(12,13)8-6-10/h1,10,14H,3-9H2. The lowest BCUT2D eigenvalue weighted by Crippen LogP contribution is -2.37. The normalized spacial score (nSPS) is 21.8. The van der Waals surface area contributed by atoms with Crippen molar-refractivity contribution in [3.63, 3.8) is 0 Å². The molecular weight excluding hydrogens is 184 g/mol. The van der Waals surface area contributed by atoms with Gasteiger partial charge in [0.1, 0.15) is 0 Å². The molecule has 80 valence electrons. The van der Waals surface area contributed by atoms with Gasteiger partial charge < -0.3 is 5.32 Å². The molecule has 1 nitrogen and oxygen atoms in total. The summed E-state index contributed by atoms with van der Waals surface area (Å²) in [5.74, 6) is 0.139. The molecule has 0 aromatic heterocycles. The maximum Gasteiger partial charge on any atom is 0.248 e. The molecule has 0 aromatic rings. The number of nitrogens with one attached hydrogen (secondary N) is 1. The van der Waals surface area contributed by atoms with E-state index in [0.717, 1.165) is 19.4 Å².